The molecule has 1 aliphatic rings. The fourth-order valence-electron chi connectivity index (χ4n) is 3.34. The molecule has 1 fully saturated rings. The van der Waals surface area contributed by atoms with Crippen LogP contribution in [0.25, 0.3) is 12.2 Å². The summed E-state index contributed by atoms with van der Waals surface area (Å²) in [5, 5.41) is 9.66. The molecule has 7 nitrogen and oxygen atoms in total. The third kappa shape index (κ3) is 4.49. The Hall–Kier alpha value is -3.12. The SMILES string of the molecule is N#Cc1nc(C=Cc2ccccc2)oc1N1CCN(S(=O)(=O)c2ccccc2Cl)CC1. The van der Waals surface area contributed by atoms with E-state index in [2.05, 4.69) is 11.1 Å². The van der Waals surface area contributed by atoms with Crippen molar-refractivity contribution >= 4 is 39.7 Å². The quantitative estimate of drug-likeness (QED) is 0.581. The Labute approximate surface area is 185 Å². The molecule has 0 amide bonds. The van der Waals surface area contributed by atoms with E-state index in [-0.39, 0.29) is 28.7 Å². The Kier molecular flexibility index (Phi) is 6.09. The van der Waals surface area contributed by atoms with Crippen LogP contribution in [-0.4, -0.2) is 43.9 Å². The van der Waals surface area contributed by atoms with Gasteiger partial charge in [0.2, 0.25) is 27.5 Å². The minimum atomic E-state index is -3.70. The van der Waals surface area contributed by atoms with Gasteiger partial charge in [0.25, 0.3) is 0 Å². The Morgan fingerprint density at radius 2 is 1.68 bits per heavy atom. The van der Waals surface area contributed by atoms with Gasteiger partial charge in [-0.15, -0.1) is 0 Å². The van der Waals surface area contributed by atoms with Crippen LogP contribution < -0.4 is 4.90 Å². The van der Waals surface area contributed by atoms with E-state index >= 15 is 0 Å². The molecule has 0 unspecified atom stereocenters. The van der Waals surface area contributed by atoms with Gasteiger partial charge in [0.15, 0.2) is 0 Å². The van der Waals surface area contributed by atoms with Crippen LogP contribution in [0.2, 0.25) is 5.02 Å². The zero-order valence-corrected chi connectivity index (χ0v) is 18.1. The van der Waals surface area contributed by atoms with E-state index in [9.17, 15) is 13.7 Å². The smallest absolute Gasteiger partial charge is 0.244 e. The summed E-state index contributed by atoms with van der Waals surface area (Å²) in [6.07, 6.45) is 3.56. The van der Waals surface area contributed by atoms with Crippen molar-refractivity contribution < 1.29 is 12.8 Å². The number of nitriles is 1. The van der Waals surface area contributed by atoms with E-state index in [1.165, 1.54) is 10.4 Å². The van der Waals surface area contributed by atoms with Crippen molar-refractivity contribution in [1.82, 2.24) is 9.29 Å². The highest BCUT2D eigenvalue weighted by molar-refractivity contribution is 7.89. The lowest BCUT2D eigenvalue weighted by Crippen LogP contribution is -2.48. The summed E-state index contributed by atoms with van der Waals surface area (Å²) >= 11 is 6.09. The van der Waals surface area contributed by atoms with Crippen LogP contribution in [0, 0.1) is 11.3 Å². The molecule has 0 N–H and O–H groups in total. The van der Waals surface area contributed by atoms with Gasteiger partial charge in [-0.3, -0.25) is 0 Å². The molecular weight excluding hydrogens is 436 g/mol. The molecule has 0 atom stereocenters. The van der Waals surface area contributed by atoms with Crippen LogP contribution in [0.15, 0.2) is 63.9 Å². The number of hydrogen-bond donors (Lipinski definition) is 0. The number of nitrogens with zero attached hydrogens (tertiary/aromatic N) is 4. The molecular formula is C22H19ClN4O3S. The number of anilines is 1. The fraction of sp³-hybridized carbons (Fsp3) is 0.182. The average molecular weight is 455 g/mol. The van der Waals surface area contributed by atoms with E-state index in [1.807, 2.05) is 41.3 Å². The second-order valence-electron chi connectivity index (χ2n) is 6.88. The van der Waals surface area contributed by atoms with Crippen molar-refractivity contribution in [3.63, 3.8) is 0 Å². The molecule has 31 heavy (non-hydrogen) atoms. The van der Waals surface area contributed by atoms with Gasteiger partial charge in [0.05, 0.1) is 5.02 Å². The van der Waals surface area contributed by atoms with Gasteiger partial charge in [0, 0.05) is 32.3 Å². The van der Waals surface area contributed by atoms with E-state index in [4.69, 9.17) is 16.0 Å². The van der Waals surface area contributed by atoms with Crippen molar-refractivity contribution in [3.05, 3.63) is 76.8 Å². The maximum Gasteiger partial charge on any atom is 0.244 e. The minimum Gasteiger partial charge on any atom is -0.420 e. The number of sulfonamides is 1. The van der Waals surface area contributed by atoms with Gasteiger partial charge in [0.1, 0.15) is 11.0 Å². The van der Waals surface area contributed by atoms with Crippen LogP contribution in [0.3, 0.4) is 0 Å². The second kappa shape index (κ2) is 8.94. The molecule has 2 heterocycles. The fourth-order valence-corrected chi connectivity index (χ4v) is 5.26. The first kappa shape index (κ1) is 21.1. The van der Waals surface area contributed by atoms with Gasteiger partial charge in [-0.25, -0.2) is 8.42 Å². The van der Waals surface area contributed by atoms with Gasteiger partial charge < -0.3 is 9.32 Å². The third-order valence-electron chi connectivity index (χ3n) is 4.93. The summed E-state index contributed by atoms with van der Waals surface area (Å²) in [6, 6.07) is 18.1. The monoisotopic (exact) mass is 454 g/mol. The molecule has 1 aliphatic heterocycles. The number of hydrogen-bond acceptors (Lipinski definition) is 6. The number of benzene rings is 2. The standard InChI is InChI=1S/C22H19ClN4O3S/c23-18-8-4-5-9-20(18)31(28,29)27-14-12-26(13-15-27)22-19(16-24)25-21(30-22)11-10-17-6-2-1-3-7-17/h1-11H,12-15H2. The van der Waals surface area contributed by atoms with Gasteiger partial charge >= 0.3 is 0 Å². The number of halogens is 1. The lowest BCUT2D eigenvalue weighted by Gasteiger charge is -2.33. The summed E-state index contributed by atoms with van der Waals surface area (Å²) in [6.45, 7) is 1.23. The van der Waals surface area contributed by atoms with Crippen molar-refractivity contribution in [2.45, 2.75) is 4.90 Å². The Bertz CT molecular complexity index is 1240. The van der Waals surface area contributed by atoms with Crippen LogP contribution in [-0.2, 0) is 10.0 Å². The summed E-state index contributed by atoms with van der Waals surface area (Å²) < 4.78 is 33.0. The molecule has 0 spiro atoms. The van der Waals surface area contributed by atoms with Crippen LogP contribution in [0.1, 0.15) is 17.1 Å². The number of oxazole rings is 1. The summed E-state index contributed by atoms with van der Waals surface area (Å²) in [7, 11) is -3.70. The largest absolute Gasteiger partial charge is 0.420 e. The topological polar surface area (TPSA) is 90.4 Å². The summed E-state index contributed by atoms with van der Waals surface area (Å²) in [4.78, 5) is 6.17. The normalized spacial score (nSPS) is 15.3. The Balaban J connectivity index is 1.49. The lowest BCUT2D eigenvalue weighted by molar-refractivity contribution is 0.373. The van der Waals surface area contributed by atoms with E-state index in [0.29, 0.717) is 24.9 Å². The highest BCUT2D eigenvalue weighted by Gasteiger charge is 2.31. The predicted molar refractivity (Wildman–Crippen MR) is 119 cm³/mol. The van der Waals surface area contributed by atoms with E-state index < -0.39 is 10.0 Å². The zero-order chi connectivity index (χ0) is 21.8. The lowest BCUT2D eigenvalue weighted by atomic mass is 10.2. The molecule has 4 rings (SSSR count). The second-order valence-corrected chi connectivity index (χ2v) is 9.20. The molecule has 1 saturated heterocycles. The first-order valence-electron chi connectivity index (χ1n) is 9.63. The van der Waals surface area contributed by atoms with Crippen molar-refractivity contribution in [1.29, 1.82) is 5.26 Å². The average Bonchev–Trinajstić information content (AvgIpc) is 3.22. The Morgan fingerprint density at radius 3 is 2.35 bits per heavy atom. The molecule has 2 aromatic carbocycles. The Morgan fingerprint density at radius 1 is 1.00 bits per heavy atom. The summed E-state index contributed by atoms with van der Waals surface area (Å²) in [5.41, 5.74) is 1.16. The minimum absolute atomic E-state index is 0.0934. The van der Waals surface area contributed by atoms with Crippen molar-refractivity contribution in [3.8, 4) is 6.07 Å². The molecule has 158 valence electrons. The predicted octanol–water partition coefficient (Wildman–Crippen LogP) is 3.88. The van der Waals surface area contributed by atoms with Gasteiger partial charge in [-0.1, -0.05) is 54.1 Å². The highest BCUT2D eigenvalue weighted by atomic mass is 35.5. The number of rotatable bonds is 5. The van der Waals surface area contributed by atoms with E-state index in [1.54, 1.807) is 24.3 Å². The molecule has 0 bridgehead atoms. The molecule has 0 saturated carbocycles. The maximum atomic E-state index is 12.9. The third-order valence-corrected chi connectivity index (χ3v) is 7.33. The van der Waals surface area contributed by atoms with Crippen LogP contribution in [0.5, 0.6) is 0 Å². The maximum absolute atomic E-state index is 12.9. The van der Waals surface area contributed by atoms with Crippen molar-refractivity contribution in [2.75, 3.05) is 31.1 Å². The van der Waals surface area contributed by atoms with Crippen LogP contribution >= 0.6 is 11.6 Å². The number of aromatic nitrogens is 1. The molecule has 1 aromatic heterocycles. The van der Waals surface area contributed by atoms with Crippen LogP contribution in [0.4, 0.5) is 5.88 Å². The first-order valence-corrected chi connectivity index (χ1v) is 11.4. The zero-order valence-electron chi connectivity index (χ0n) is 16.5. The molecule has 3 aromatic rings. The summed E-state index contributed by atoms with van der Waals surface area (Å²) in [5.74, 6) is 0.673. The highest BCUT2D eigenvalue weighted by Crippen LogP contribution is 2.28. The molecule has 0 radical (unpaired) electrons. The van der Waals surface area contributed by atoms with Crippen molar-refractivity contribution in [2.24, 2.45) is 0 Å². The van der Waals surface area contributed by atoms with E-state index in [0.717, 1.165) is 5.56 Å². The van der Waals surface area contributed by atoms with Gasteiger partial charge in [-0.05, 0) is 23.8 Å². The molecule has 0 aliphatic carbocycles. The first-order chi connectivity index (χ1) is 15.0. The van der Waals surface area contributed by atoms with Gasteiger partial charge in [-0.2, -0.15) is 14.6 Å². The molecule has 9 heteroatoms. The number of piperazine rings is 1.